The lowest BCUT2D eigenvalue weighted by molar-refractivity contribution is 0.102. The molecule has 1 unspecified atom stereocenters. The van der Waals surface area contributed by atoms with E-state index in [-0.39, 0.29) is 11.9 Å². The highest BCUT2D eigenvalue weighted by molar-refractivity contribution is 9.13. The molecule has 2 aromatic carbocycles. The molecule has 0 spiro atoms. The van der Waals surface area contributed by atoms with Gasteiger partial charge in [-0.05, 0) is 67.8 Å². The lowest BCUT2D eigenvalue weighted by atomic mass is 10.1. The number of nitrogens with one attached hydrogen (secondary N) is 1. The molecule has 1 atom stereocenters. The van der Waals surface area contributed by atoms with Gasteiger partial charge in [0, 0.05) is 39.0 Å². The second kappa shape index (κ2) is 7.13. The smallest absolute Gasteiger partial charge is 0.255 e. The quantitative estimate of drug-likeness (QED) is 0.677. The molecule has 2 aliphatic heterocycles. The lowest BCUT2D eigenvalue weighted by Crippen LogP contribution is -2.21. The molecule has 7 heteroatoms. The molecule has 4 nitrogen and oxygen atoms in total. The van der Waals surface area contributed by atoms with Crippen molar-refractivity contribution in [3.8, 4) is 0 Å². The maximum absolute atomic E-state index is 12.5. The third kappa shape index (κ3) is 3.64. The normalized spacial score (nSPS) is 18.9. The van der Waals surface area contributed by atoms with Gasteiger partial charge in [-0.25, -0.2) is 0 Å². The van der Waals surface area contributed by atoms with Crippen LogP contribution in [0, 0.1) is 0 Å². The number of amides is 1. The number of amidine groups is 1. The molecule has 0 saturated carbocycles. The Balaban J connectivity index is 1.51. The molecule has 4 rings (SSSR count). The van der Waals surface area contributed by atoms with Crippen LogP contribution in [0.15, 0.2) is 56.4 Å². The van der Waals surface area contributed by atoms with Gasteiger partial charge in [-0.3, -0.25) is 9.79 Å². The van der Waals surface area contributed by atoms with Crippen LogP contribution in [0.3, 0.4) is 0 Å². The minimum absolute atomic E-state index is 0.126. The predicted octanol–water partition coefficient (Wildman–Crippen LogP) is 4.92. The summed E-state index contributed by atoms with van der Waals surface area (Å²) >= 11 is 8.67. The minimum Gasteiger partial charge on any atom is -0.348 e. The fourth-order valence-electron chi connectivity index (χ4n) is 2.95. The van der Waals surface area contributed by atoms with Gasteiger partial charge in [-0.1, -0.05) is 23.9 Å². The number of aliphatic imine (C=N–C) groups is 1. The van der Waals surface area contributed by atoms with Crippen molar-refractivity contribution in [2.75, 3.05) is 24.2 Å². The SMILES string of the molecule is O=C(Nc1cccc(C2CN3CCSC3=N2)c1)c1ccc(Br)c(Br)c1. The zero-order chi connectivity index (χ0) is 17.4. The second-order valence-electron chi connectivity index (χ2n) is 5.93. The summed E-state index contributed by atoms with van der Waals surface area (Å²) in [5.74, 6) is 1.00. The Morgan fingerprint density at radius 3 is 2.88 bits per heavy atom. The Kier molecular flexibility index (Phi) is 4.88. The van der Waals surface area contributed by atoms with E-state index in [1.54, 1.807) is 12.1 Å². The Labute approximate surface area is 167 Å². The number of nitrogens with zero attached hydrogens (tertiary/aromatic N) is 2. The first-order valence-corrected chi connectivity index (χ1v) is 10.5. The van der Waals surface area contributed by atoms with Crippen LogP contribution < -0.4 is 5.32 Å². The minimum atomic E-state index is -0.126. The number of fused-ring (bicyclic) bond motifs is 1. The van der Waals surface area contributed by atoms with Crippen molar-refractivity contribution in [1.82, 2.24) is 4.90 Å². The topological polar surface area (TPSA) is 44.7 Å². The third-order valence-corrected chi connectivity index (χ3v) is 7.12. The number of carbonyl (C=O) groups excluding carboxylic acids is 1. The molecule has 1 N–H and O–H groups in total. The van der Waals surface area contributed by atoms with E-state index in [4.69, 9.17) is 4.99 Å². The zero-order valence-corrected chi connectivity index (χ0v) is 17.2. The predicted molar refractivity (Wildman–Crippen MR) is 110 cm³/mol. The van der Waals surface area contributed by atoms with Crippen molar-refractivity contribution in [1.29, 1.82) is 0 Å². The Bertz CT molecular complexity index is 871. The van der Waals surface area contributed by atoms with Crippen LogP contribution in [0.4, 0.5) is 5.69 Å². The van der Waals surface area contributed by atoms with E-state index in [1.165, 1.54) is 0 Å². The van der Waals surface area contributed by atoms with Crippen LogP contribution in [-0.2, 0) is 0 Å². The van der Waals surface area contributed by atoms with E-state index < -0.39 is 0 Å². The van der Waals surface area contributed by atoms with E-state index in [9.17, 15) is 4.79 Å². The molecule has 2 heterocycles. The first-order chi connectivity index (χ1) is 12.1. The average Bonchev–Trinajstić information content (AvgIpc) is 3.19. The first-order valence-electron chi connectivity index (χ1n) is 7.92. The zero-order valence-electron chi connectivity index (χ0n) is 13.2. The number of thioether (sulfide) groups is 1. The summed E-state index contributed by atoms with van der Waals surface area (Å²) < 4.78 is 1.78. The van der Waals surface area contributed by atoms with Crippen LogP contribution in [0.25, 0.3) is 0 Å². The van der Waals surface area contributed by atoms with Gasteiger partial charge in [0.1, 0.15) is 0 Å². The summed E-state index contributed by atoms with van der Waals surface area (Å²) in [6.07, 6.45) is 0. The highest BCUT2D eigenvalue weighted by Crippen LogP contribution is 2.33. The van der Waals surface area contributed by atoms with Crippen molar-refractivity contribution in [3.63, 3.8) is 0 Å². The van der Waals surface area contributed by atoms with E-state index in [2.05, 4.69) is 48.1 Å². The summed E-state index contributed by atoms with van der Waals surface area (Å²) in [7, 11) is 0. The molecule has 0 bridgehead atoms. The van der Waals surface area contributed by atoms with Crippen molar-refractivity contribution >= 4 is 60.4 Å². The fraction of sp³-hybridized carbons (Fsp3) is 0.222. The van der Waals surface area contributed by atoms with Gasteiger partial charge in [0.25, 0.3) is 5.91 Å². The number of hydrogen-bond donors (Lipinski definition) is 1. The molecule has 1 saturated heterocycles. The number of carbonyl (C=O) groups is 1. The standard InChI is InChI=1S/C18H15Br2N3OS/c19-14-5-4-12(9-15(14)20)17(24)21-13-3-1-2-11(8-13)16-10-23-6-7-25-18(23)22-16/h1-5,8-9,16H,6-7,10H2,(H,21,24). The highest BCUT2D eigenvalue weighted by atomic mass is 79.9. The van der Waals surface area contributed by atoms with E-state index >= 15 is 0 Å². The third-order valence-electron chi connectivity index (χ3n) is 4.23. The Hall–Kier alpha value is -1.31. The molecule has 25 heavy (non-hydrogen) atoms. The second-order valence-corrected chi connectivity index (χ2v) is 8.70. The van der Waals surface area contributed by atoms with Crippen LogP contribution in [-0.4, -0.2) is 34.8 Å². The van der Waals surface area contributed by atoms with Crippen molar-refractivity contribution in [2.24, 2.45) is 4.99 Å². The van der Waals surface area contributed by atoms with Gasteiger partial charge in [0.05, 0.1) is 6.04 Å². The molecule has 1 fully saturated rings. The number of benzene rings is 2. The van der Waals surface area contributed by atoms with Gasteiger partial charge in [0.15, 0.2) is 5.17 Å². The summed E-state index contributed by atoms with van der Waals surface area (Å²) in [6, 6.07) is 13.6. The fourth-order valence-corrected chi connectivity index (χ4v) is 4.62. The largest absolute Gasteiger partial charge is 0.348 e. The molecule has 0 aliphatic carbocycles. The van der Waals surface area contributed by atoms with Gasteiger partial charge >= 0.3 is 0 Å². The molecule has 2 aromatic rings. The highest BCUT2D eigenvalue weighted by Gasteiger charge is 2.30. The summed E-state index contributed by atoms with van der Waals surface area (Å²) in [4.78, 5) is 19.6. The van der Waals surface area contributed by atoms with Gasteiger partial charge in [0.2, 0.25) is 0 Å². The molecule has 2 aliphatic rings. The summed E-state index contributed by atoms with van der Waals surface area (Å²) in [5.41, 5.74) is 2.54. The summed E-state index contributed by atoms with van der Waals surface area (Å²) in [6.45, 7) is 2.01. The van der Waals surface area contributed by atoms with Crippen molar-refractivity contribution in [2.45, 2.75) is 6.04 Å². The average molecular weight is 481 g/mol. The van der Waals surface area contributed by atoms with Gasteiger partial charge in [-0.2, -0.15) is 0 Å². The maximum atomic E-state index is 12.5. The Morgan fingerprint density at radius 1 is 1.20 bits per heavy atom. The molecule has 1 amide bonds. The Morgan fingerprint density at radius 2 is 2.08 bits per heavy atom. The molecular weight excluding hydrogens is 466 g/mol. The van der Waals surface area contributed by atoms with E-state index in [0.717, 1.165) is 44.2 Å². The lowest BCUT2D eigenvalue weighted by Gasteiger charge is -2.14. The number of anilines is 1. The number of hydrogen-bond acceptors (Lipinski definition) is 4. The van der Waals surface area contributed by atoms with Gasteiger partial charge in [-0.15, -0.1) is 0 Å². The molecule has 0 aromatic heterocycles. The maximum Gasteiger partial charge on any atom is 0.255 e. The number of rotatable bonds is 3. The van der Waals surface area contributed by atoms with Gasteiger partial charge < -0.3 is 10.2 Å². The molecule has 128 valence electrons. The monoisotopic (exact) mass is 479 g/mol. The molecular formula is C18H15Br2N3OS. The van der Waals surface area contributed by atoms with Crippen molar-refractivity contribution in [3.05, 3.63) is 62.5 Å². The van der Waals surface area contributed by atoms with Crippen molar-refractivity contribution < 1.29 is 4.79 Å². The van der Waals surface area contributed by atoms with Crippen LogP contribution in [0.2, 0.25) is 0 Å². The first kappa shape index (κ1) is 17.1. The molecule has 0 radical (unpaired) electrons. The van der Waals surface area contributed by atoms with Crippen LogP contribution >= 0.6 is 43.6 Å². The van der Waals surface area contributed by atoms with E-state index in [1.807, 2.05) is 36.0 Å². The van der Waals surface area contributed by atoms with Crippen LogP contribution in [0.1, 0.15) is 22.0 Å². The van der Waals surface area contributed by atoms with E-state index in [0.29, 0.717) is 5.56 Å². The van der Waals surface area contributed by atoms with Crippen LogP contribution in [0.5, 0.6) is 0 Å². The number of halogens is 2. The summed E-state index contributed by atoms with van der Waals surface area (Å²) in [5, 5.41) is 4.13.